The van der Waals surface area contributed by atoms with E-state index in [-0.39, 0.29) is 0 Å². The first-order valence-electron chi connectivity index (χ1n) is 11.8. The summed E-state index contributed by atoms with van der Waals surface area (Å²) in [4.78, 5) is 9.73. The molecule has 6 aromatic rings. The molecule has 0 saturated heterocycles. The molecule has 0 aliphatic carbocycles. The van der Waals surface area contributed by atoms with Gasteiger partial charge in [-0.1, -0.05) is 48.5 Å². The zero-order valence-corrected chi connectivity index (χ0v) is 21.4. The maximum atomic E-state index is 5.98. The number of nitrogens with zero attached hydrogens (tertiary/aromatic N) is 2. The van der Waals surface area contributed by atoms with E-state index < -0.39 is 0 Å². The summed E-state index contributed by atoms with van der Waals surface area (Å²) in [6.45, 7) is 0. The number of hydrogen-bond donors (Lipinski definition) is 0. The first-order chi connectivity index (χ1) is 18.3. The van der Waals surface area contributed by atoms with Crippen molar-refractivity contribution < 1.29 is 9.47 Å². The van der Waals surface area contributed by atoms with Gasteiger partial charge in [-0.15, -0.1) is 22.7 Å². The molecule has 37 heavy (non-hydrogen) atoms. The van der Waals surface area contributed by atoms with E-state index in [9.17, 15) is 0 Å². The molecule has 0 fully saturated rings. The smallest absolute Gasteiger partial charge is 0.128 e. The Balaban J connectivity index is 1.12. The zero-order chi connectivity index (χ0) is 24.9. The molecule has 0 bridgehead atoms. The quantitative estimate of drug-likeness (QED) is 0.202. The zero-order valence-electron chi connectivity index (χ0n) is 19.8. The average Bonchev–Trinajstić information content (AvgIpc) is 3.61. The highest BCUT2D eigenvalue weighted by atomic mass is 32.1. The molecule has 6 heteroatoms. The molecule has 0 spiro atoms. The van der Waals surface area contributed by atoms with Crippen LogP contribution in [-0.4, -0.2) is 9.97 Å². The number of para-hydroxylation sites is 2. The third-order valence-corrected chi connectivity index (χ3v) is 7.34. The SMILES string of the molecule is c1ccc(Oc2ccc(-c3csc(Cc4nc(-c5cccc(Oc6ccccc6)c5)cs4)n3)cc2)cc1. The number of ether oxygens (including phenoxy) is 2. The van der Waals surface area contributed by atoms with Crippen molar-refractivity contribution in [3.63, 3.8) is 0 Å². The van der Waals surface area contributed by atoms with Crippen molar-refractivity contribution in [1.29, 1.82) is 0 Å². The lowest BCUT2D eigenvalue weighted by molar-refractivity contribution is 0.482. The van der Waals surface area contributed by atoms with E-state index in [0.29, 0.717) is 6.42 Å². The Morgan fingerprint density at radius 2 is 1.00 bits per heavy atom. The first-order valence-corrected chi connectivity index (χ1v) is 13.6. The summed E-state index contributed by atoms with van der Waals surface area (Å²) in [7, 11) is 0. The summed E-state index contributed by atoms with van der Waals surface area (Å²) in [5.74, 6) is 3.24. The molecule has 0 atom stereocenters. The molecule has 2 heterocycles. The molecular formula is C31H22N2O2S2. The summed E-state index contributed by atoms with van der Waals surface area (Å²) in [5, 5.41) is 6.27. The normalized spacial score (nSPS) is 10.8. The van der Waals surface area contributed by atoms with Gasteiger partial charge in [-0.25, -0.2) is 9.97 Å². The Labute approximate surface area is 223 Å². The highest BCUT2D eigenvalue weighted by molar-refractivity contribution is 7.11. The number of benzene rings is 4. The monoisotopic (exact) mass is 518 g/mol. The Morgan fingerprint density at radius 1 is 0.486 bits per heavy atom. The summed E-state index contributed by atoms with van der Waals surface area (Å²) >= 11 is 3.31. The standard InChI is InChI=1S/C31H22N2O2S2/c1-3-9-24(10-4-1)34-26-16-14-22(15-17-26)28-20-36-30(32-28)19-31-33-29(21-37-31)23-8-7-13-27(18-23)35-25-11-5-2-6-12-25/h1-18,20-21H,19H2. The van der Waals surface area contributed by atoms with Crippen LogP contribution in [0.5, 0.6) is 23.0 Å². The molecule has 4 aromatic carbocycles. The predicted molar refractivity (Wildman–Crippen MR) is 151 cm³/mol. The van der Waals surface area contributed by atoms with Crippen LogP contribution < -0.4 is 9.47 Å². The van der Waals surface area contributed by atoms with Crippen molar-refractivity contribution in [3.8, 4) is 45.5 Å². The van der Waals surface area contributed by atoms with Crippen LogP contribution in [0.2, 0.25) is 0 Å². The summed E-state index contributed by atoms with van der Waals surface area (Å²) in [5.41, 5.74) is 4.02. The van der Waals surface area contributed by atoms with Gasteiger partial charge in [-0.3, -0.25) is 0 Å². The van der Waals surface area contributed by atoms with Crippen molar-refractivity contribution >= 4 is 22.7 Å². The summed E-state index contributed by atoms with van der Waals surface area (Å²) < 4.78 is 11.9. The lowest BCUT2D eigenvalue weighted by Gasteiger charge is -2.06. The third kappa shape index (κ3) is 5.77. The molecule has 0 unspecified atom stereocenters. The van der Waals surface area contributed by atoms with Gasteiger partial charge in [0.05, 0.1) is 17.8 Å². The van der Waals surface area contributed by atoms with Crippen LogP contribution in [0.3, 0.4) is 0 Å². The molecule has 0 radical (unpaired) electrons. The van der Waals surface area contributed by atoms with Crippen LogP contribution in [0.15, 0.2) is 120 Å². The molecule has 0 aliphatic heterocycles. The lowest BCUT2D eigenvalue weighted by Crippen LogP contribution is -1.88. The fraction of sp³-hybridized carbons (Fsp3) is 0.0323. The molecule has 0 aliphatic rings. The van der Waals surface area contributed by atoms with Gasteiger partial charge in [-0.2, -0.15) is 0 Å². The maximum absolute atomic E-state index is 5.98. The molecule has 6 rings (SSSR count). The van der Waals surface area contributed by atoms with Crippen LogP contribution in [0.4, 0.5) is 0 Å². The van der Waals surface area contributed by atoms with Crippen molar-refractivity contribution in [2.45, 2.75) is 6.42 Å². The van der Waals surface area contributed by atoms with Crippen molar-refractivity contribution in [1.82, 2.24) is 9.97 Å². The van der Waals surface area contributed by atoms with E-state index in [1.165, 1.54) is 0 Å². The van der Waals surface area contributed by atoms with E-state index in [4.69, 9.17) is 19.4 Å². The average molecular weight is 519 g/mol. The van der Waals surface area contributed by atoms with Crippen LogP contribution in [0.25, 0.3) is 22.5 Å². The van der Waals surface area contributed by atoms with Gasteiger partial charge >= 0.3 is 0 Å². The topological polar surface area (TPSA) is 44.2 Å². The molecule has 0 N–H and O–H groups in total. The molecule has 2 aromatic heterocycles. The molecular weight excluding hydrogens is 496 g/mol. The predicted octanol–water partition coefficient (Wildman–Crippen LogP) is 9.11. The van der Waals surface area contributed by atoms with Gasteiger partial charge < -0.3 is 9.47 Å². The van der Waals surface area contributed by atoms with Gasteiger partial charge in [-0.05, 0) is 60.7 Å². The van der Waals surface area contributed by atoms with E-state index in [1.807, 2.05) is 103 Å². The largest absolute Gasteiger partial charge is 0.457 e. The van der Waals surface area contributed by atoms with E-state index in [0.717, 1.165) is 55.5 Å². The van der Waals surface area contributed by atoms with Crippen molar-refractivity contribution in [2.24, 2.45) is 0 Å². The first kappa shape index (κ1) is 23.2. The van der Waals surface area contributed by atoms with Crippen LogP contribution in [0, 0.1) is 0 Å². The third-order valence-electron chi connectivity index (χ3n) is 5.64. The second-order valence-electron chi connectivity index (χ2n) is 8.31. The summed E-state index contributed by atoms with van der Waals surface area (Å²) in [6.07, 6.45) is 0.713. The number of thiazole rings is 2. The second kappa shape index (κ2) is 10.8. The van der Waals surface area contributed by atoms with Gasteiger partial charge in [0, 0.05) is 21.9 Å². The van der Waals surface area contributed by atoms with E-state index in [1.54, 1.807) is 22.7 Å². The lowest BCUT2D eigenvalue weighted by atomic mass is 10.1. The highest BCUT2D eigenvalue weighted by Crippen LogP contribution is 2.31. The highest BCUT2D eigenvalue weighted by Gasteiger charge is 2.11. The Kier molecular flexibility index (Phi) is 6.75. The molecule has 4 nitrogen and oxygen atoms in total. The van der Waals surface area contributed by atoms with E-state index in [2.05, 4.69) is 16.8 Å². The molecule has 0 amide bonds. The van der Waals surface area contributed by atoms with Crippen molar-refractivity contribution in [2.75, 3.05) is 0 Å². The fourth-order valence-electron chi connectivity index (χ4n) is 3.84. The number of aromatic nitrogens is 2. The minimum Gasteiger partial charge on any atom is -0.457 e. The Hall–Kier alpha value is -4.26. The van der Waals surface area contributed by atoms with Gasteiger partial charge in [0.2, 0.25) is 0 Å². The minimum absolute atomic E-state index is 0.713. The van der Waals surface area contributed by atoms with E-state index >= 15 is 0 Å². The van der Waals surface area contributed by atoms with Crippen molar-refractivity contribution in [3.05, 3.63) is 130 Å². The van der Waals surface area contributed by atoms with Gasteiger partial charge in [0.15, 0.2) is 0 Å². The number of rotatable bonds is 8. The van der Waals surface area contributed by atoms with Crippen LogP contribution in [-0.2, 0) is 6.42 Å². The Morgan fingerprint density at radius 3 is 1.62 bits per heavy atom. The second-order valence-corrected chi connectivity index (χ2v) is 10.2. The molecule has 0 saturated carbocycles. The Bertz CT molecular complexity index is 1590. The van der Waals surface area contributed by atoms with Crippen LogP contribution >= 0.6 is 22.7 Å². The van der Waals surface area contributed by atoms with Crippen LogP contribution in [0.1, 0.15) is 10.0 Å². The van der Waals surface area contributed by atoms with Gasteiger partial charge in [0.25, 0.3) is 0 Å². The molecule has 180 valence electrons. The van der Waals surface area contributed by atoms with Gasteiger partial charge in [0.1, 0.15) is 33.0 Å². The number of hydrogen-bond acceptors (Lipinski definition) is 6. The minimum atomic E-state index is 0.713. The summed E-state index contributed by atoms with van der Waals surface area (Å²) in [6, 6.07) is 35.7. The fourth-order valence-corrected chi connectivity index (χ4v) is 5.55. The maximum Gasteiger partial charge on any atom is 0.128 e.